The zero-order chi connectivity index (χ0) is 36.1. The molecule has 49 heavy (non-hydrogen) atoms. The van der Waals surface area contributed by atoms with Gasteiger partial charge in [-0.1, -0.05) is 50.7 Å². The molecule has 2 aromatic carbocycles. The van der Waals surface area contributed by atoms with E-state index in [2.05, 4.69) is 70.2 Å². The number of benzene rings is 2. The molecule has 1 heterocycles. The molecule has 0 aromatic heterocycles. The molecule has 2 amide bonds. The van der Waals surface area contributed by atoms with Gasteiger partial charge in [0.1, 0.15) is 11.9 Å². The van der Waals surface area contributed by atoms with Crippen LogP contribution in [0.5, 0.6) is 0 Å². The molecule has 0 saturated heterocycles. The number of nitrogens with one attached hydrogen (secondary N) is 2. The van der Waals surface area contributed by atoms with Crippen LogP contribution < -0.4 is 10.6 Å². The second kappa shape index (κ2) is 15.7. The van der Waals surface area contributed by atoms with E-state index in [1.807, 2.05) is 13.8 Å². The number of hydrogen-bond acceptors (Lipinski definition) is 5. The maximum Gasteiger partial charge on any atom is 0.255 e. The van der Waals surface area contributed by atoms with Gasteiger partial charge in [-0.05, 0) is 137 Å². The molecule has 5 rings (SSSR count). The van der Waals surface area contributed by atoms with Crippen LogP contribution in [0.15, 0.2) is 17.9 Å². The molecule has 7 heteroatoms. The fourth-order valence-electron chi connectivity index (χ4n) is 8.33. The van der Waals surface area contributed by atoms with Crippen molar-refractivity contribution >= 4 is 23.2 Å². The van der Waals surface area contributed by atoms with Crippen molar-refractivity contribution in [1.82, 2.24) is 10.6 Å². The van der Waals surface area contributed by atoms with E-state index in [9.17, 15) is 19.5 Å². The topological polar surface area (TPSA) is 116 Å². The summed E-state index contributed by atoms with van der Waals surface area (Å²) in [6.07, 6.45) is 11.9. The summed E-state index contributed by atoms with van der Waals surface area (Å²) in [7, 11) is 0. The normalized spacial score (nSPS) is 18.1. The first-order valence-electron chi connectivity index (χ1n) is 18.0. The van der Waals surface area contributed by atoms with Crippen molar-refractivity contribution in [2.45, 2.75) is 126 Å². The third-order valence-corrected chi connectivity index (χ3v) is 11.9. The molecule has 0 atom stereocenters. The summed E-state index contributed by atoms with van der Waals surface area (Å²) in [5.41, 5.74) is 10.9. The van der Waals surface area contributed by atoms with Crippen LogP contribution in [0.2, 0.25) is 0 Å². The minimum atomic E-state index is -0.656. The number of ketones is 1. The monoisotopic (exact) mass is 668 g/mol. The summed E-state index contributed by atoms with van der Waals surface area (Å²) in [6.45, 7) is 17.4. The minimum Gasteiger partial charge on any atom is -0.511 e. The second-order valence-corrected chi connectivity index (χ2v) is 15.0. The summed E-state index contributed by atoms with van der Waals surface area (Å²) < 4.78 is 0. The zero-order valence-corrected chi connectivity index (χ0v) is 31.0. The highest BCUT2D eigenvalue weighted by atomic mass is 16.3. The van der Waals surface area contributed by atoms with Crippen LogP contribution in [0.3, 0.4) is 0 Å². The van der Waals surface area contributed by atoms with Crippen molar-refractivity contribution in [3.8, 4) is 12.0 Å². The van der Waals surface area contributed by atoms with Crippen molar-refractivity contribution < 1.29 is 24.6 Å². The summed E-state index contributed by atoms with van der Waals surface area (Å²) >= 11 is 0. The summed E-state index contributed by atoms with van der Waals surface area (Å²) in [5, 5.41) is 25.9. The van der Waals surface area contributed by atoms with E-state index in [1.54, 1.807) is 6.11 Å². The molecule has 3 aliphatic rings. The zero-order valence-electron chi connectivity index (χ0n) is 31.0. The molecule has 2 fully saturated rings. The number of rotatable bonds is 6. The third kappa shape index (κ3) is 7.90. The van der Waals surface area contributed by atoms with Crippen molar-refractivity contribution in [3.05, 3.63) is 73.5 Å². The van der Waals surface area contributed by atoms with Crippen LogP contribution in [0.4, 0.5) is 0 Å². The fraction of sp³-hybridized carbons (Fsp3) is 0.548. The van der Waals surface area contributed by atoms with Gasteiger partial charge in [0.05, 0.1) is 17.4 Å². The Kier molecular flexibility index (Phi) is 12.1. The molecule has 0 bridgehead atoms. The van der Waals surface area contributed by atoms with Crippen molar-refractivity contribution in [2.24, 2.45) is 10.8 Å². The molecule has 2 aliphatic carbocycles. The summed E-state index contributed by atoms with van der Waals surface area (Å²) in [6, 6.07) is 4.24. The number of Topliss-reactive ketones (excluding diaryl/α,β-unsaturated/α-hetero) is 1. The van der Waals surface area contributed by atoms with Gasteiger partial charge in [-0.15, -0.1) is 0 Å². The Hall–Kier alpha value is -4.05. The van der Waals surface area contributed by atoms with E-state index in [-0.39, 0.29) is 23.0 Å². The van der Waals surface area contributed by atoms with Gasteiger partial charge in [-0.3, -0.25) is 14.4 Å². The lowest BCUT2D eigenvalue weighted by Gasteiger charge is -2.41. The number of aliphatic hydroxyl groups excluding tert-OH is 2. The number of aryl methyl sites for hydroxylation is 4. The Labute approximate surface area is 293 Å². The Bertz CT molecular complexity index is 1710. The molecule has 0 radical (unpaired) electrons. The van der Waals surface area contributed by atoms with Gasteiger partial charge >= 0.3 is 0 Å². The number of hydrogen-bond donors (Lipinski definition) is 4. The largest absolute Gasteiger partial charge is 0.511 e. The van der Waals surface area contributed by atoms with E-state index in [0.29, 0.717) is 43.7 Å². The molecule has 2 saturated carbocycles. The Morgan fingerprint density at radius 3 is 1.92 bits per heavy atom. The number of amides is 2. The van der Waals surface area contributed by atoms with E-state index < -0.39 is 5.41 Å². The average Bonchev–Trinajstić information content (AvgIpc) is 3.08. The van der Waals surface area contributed by atoms with Crippen LogP contribution in [-0.2, 0) is 20.8 Å². The minimum absolute atomic E-state index is 0.0749. The maximum absolute atomic E-state index is 12.6. The van der Waals surface area contributed by atoms with Crippen LogP contribution in [0.1, 0.15) is 120 Å². The quantitative estimate of drug-likeness (QED) is 0.236. The van der Waals surface area contributed by atoms with Crippen LogP contribution >= 0.6 is 0 Å². The Morgan fingerprint density at radius 2 is 1.33 bits per heavy atom. The van der Waals surface area contributed by atoms with Crippen LogP contribution in [0.25, 0.3) is 5.57 Å². The fourth-order valence-corrected chi connectivity index (χ4v) is 8.33. The predicted octanol–water partition coefficient (Wildman–Crippen LogP) is 7.70. The molecular formula is C42H56N2O5. The van der Waals surface area contributed by atoms with Crippen molar-refractivity contribution in [1.29, 1.82) is 0 Å². The maximum atomic E-state index is 12.6. The van der Waals surface area contributed by atoms with E-state index >= 15 is 0 Å². The van der Waals surface area contributed by atoms with Gasteiger partial charge in [0.25, 0.3) is 5.91 Å². The molecule has 1 aliphatic heterocycles. The van der Waals surface area contributed by atoms with Gasteiger partial charge in [-0.25, -0.2) is 0 Å². The Balaban J connectivity index is 0.000000222. The first-order chi connectivity index (χ1) is 23.2. The smallest absolute Gasteiger partial charge is 0.255 e. The predicted molar refractivity (Wildman–Crippen MR) is 196 cm³/mol. The first-order valence-corrected chi connectivity index (χ1v) is 18.0. The van der Waals surface area contributed by atoms with Crippen molar-refractivity contribution in [2.75, 3.05) is 13.1 Å². The number of aliphatic hydroxyl groups is 2. The van der Waals surface area contributed by atoms with Gasteiger partial charge < -0.3 is 20.8 Å². The van der Waals surface area contributed by atoms with Crippen LogP contribution in [0, 0.1) is 78.2 Å². The van der Waals surface area contributed by atoms with E-state index in [0.717, 1.165) is 78.3 Å². The molecule has 0 unspecified atom stereocenters. The van der Waals surface area contributed by atoms with Gasteiger partial charge in [-0.2, -0.15) is 0 Å². The number of carbonyl (C=O) groups excluding carboxylic acids is 3. The third-order valence-electron chi connectivity index (χ3n) is 11.9. The first kappa shape index (κ1) is 37.8. The highest BCUT2D eigenvalue weighted by Crippen LogP contribution is 2.46. The molecule has 2 aromatic rings. The molecule has 264 valence electrons. The van der Waals surface area contributed by atoms with E-state index in [4.69, 9.17) is 5.11 Å². The highest BCUT2D eigenvalue weighted by molar-refractivity contribution is 6.22. The average molecular weight is 669 g/mol. The lowest BCUT2D eigenvalue weighted by atomic mass is 9.69. The van der Waals surface area contributed by atoms with E-state index in [1.165, 1.54) is 28.7 Å². The molecule has 4 N–H and O–H groups in total. The highest BCUT2D eigenvalue weighted by Gasteiger charge is 2.44. The summed E-state index contributed by atoms with van der Waals surface area (Å²) in [4.78, 5) is 37.6. The van der Waals surface area contributed by atoms with Gasteiger partial charge in [0.15, 0.2) is 0 Å². The van der Waals surface area contributed by atoms with Gasteiger partial charge in [0.2, 0.25) is 11.7 Å². The lowest BCUT2D eigenvalue weighted by molar-refractivity contribution is -0.126. The molecular weight excluding hydrogens is 612 g/mol. The lowest BCUT2D eigenvalue weighted by Crippen LogP contribution is -2.46. The van der Waals surface area contributed by atoms with Gasteiger partial charge in [0, 0.05) is 24.4 Å². The Morgan fingerprint density at radius 1 is 0.776 bits per heavy atom. The molecule has 7 nitrogen and oxygen atoms in total. The van der Waals surface area contributed by atoms with Crippen molar-refractivity contribution in [3.63, 3.8) is 0 Å². The van der Waals surface area contributed by atoms with Crippen LogP contribution in [-0.4, -0.2) is 40.9 Å². The number of carbonyl (C=O) groups is 3. The molecule has 1 spiro atoms. The standard InChI is InChI=1S/C22H29NO3.C20H27NO2/c1-15-12-16(2)19(18(4)17(15)3)13-21(26)23-14-22(20(25)8-11-24)9-6-5-7-10-22;1-12-10-13(2)16(15(4)14(12)3)17-18(22)20(11-21-19(17)23)8-6-5-7-9-20/h12,24H,5-7,9-10,13-14H2,1-4H3,(H,23,26);10,22H,5-9,11H2,1-4H3,(H,21,23). The SMILES string of the molecule is Cc1cc(C)c(C2=C(O)C3(CCCCC3)CNC2=O)c(C)c1C.Cc1cc(C)c(CC(=O)NCC2(C(=O)C#CO)CCCCC2)c(C)c1C. The second-order valence-electron chi connectivity index (χ2n) is 15.0. The summed E-state index contributed by atoms with van der Waals surface area (Å²) in [5.74, 6) is 2.13.